The van der Waals surface area contributed by atoms with Crippen LogP contribution in [0, 0.1) is 0 Å². The summed E-state index contributed by atoms with van der Waals surface area (Å²) in [5.74, 6) is -0.449. The van der Waals surface area contributed by atoms with Crippen LogP contribution < -0.4 is 0 Å². The first kappa shape index (κ1) is 28.0. The van der Waals surface area contributed by atoms with Crippen LogP contribution >= 0.6 is 0 Å². The molecule has 3 aromatic carbocycles. The Hall–Kier alpha value is -4.01. The number of nitrogens with one attached hydrogen (secondary N) is 1. The Bertz CT molecular complexity index is 1310. The minimum absolute atomic E-state index is 0.0507. The number of aliphatic carboxylic acids is 1. The lowest BCUT2D eigenvalue weighted by Gasteiger charge is -2.47. The fourth-order valence-corrected chi connectivity index (χ4v) is 5.07. The lowest BCUT2D eigenvalue weighted by atomic mass is 9.92. The highest BCUT2D eigenvalue weighted by molar-refractivity contribution is 5.66. The van der Waals surface area contributed by atoms with Crippen LogP contribution in [0.4, 0.5) is 0 Å². The quantitative estimate of drug-likeness (QED) is 0.298. The maximum Gasteiger partial charge on any atom is 0.303 e. The third-order valence-corrected chi connectivity index (χ3v) is 7.15. The summed E-state index contributed by atoms with van der Waals surface area (Å²) in [6.07, 6.45) is 1.96. The molecule has 1 aromatic heterocycles. The van der Waals surface area contributed by atoms with Gasteiger partial charge in [0.2, 0.25) is 0 Å². The maximum atomic E-state index is 10.3. The van der Waals surface area contributed by atoms with Gasteiger partial charge < -0.3 is 10.2 Å². The molecule has 1 aliphatic heterocycles. The van der Waals surface area contributed by atoms with Gasteiger partial charge >= 0.3 is 5.97 Å². The van der Waals surface area contributed by atoms with Crippen molar-refractivity contribution in [2.45, 2.75) is 51.9 Å². The molecule has 39 heavy (non-hydrogen) atoms. The summed E-state index contributed by atoms with van der Waals surface area (Å²) >= 11 is 0. The van der Waals surface area contributed by atoms with Gasteiger partial charge in [-0.25, -0.2) is 0 Å². The molecule has 0 amide bonds. The van der Waals surface area contributed by atoms with Gasteiger partial charge in [-0.3, -0.25) is 14.6 Å². The number of aromatic amines is 1. The smallest absolute Gasteiger partial charge is 0.303 e. The minimum atomic E-state index is -0.745. The minimum Gasteiger partial charge on any atom is -0.508 e. The van der Waals surface area contributed by atoms with Gasteiger partial charge in [0.05, 0.1) is 12.2 Å². The molecule has 5 rings (SSSR count). The zero-order chi connectivity index (χ0) is 27.8. The van der Waals surface area contributed by atoms with Crippen molar-refractivity contribution >= 4 is 5.97 Å². The SMILES string of the molecule is CCC(=O)O.C[C@@H]1CN([C@H](c2ccc(-c3cn[nH]n3)cc2)c2cccc(O)c2)[C@@H](C)CN1Cc1ccccc1. The average molecular weight is 528 g/mol. The number of phenols is 1. The number of carboxylic acids is 1. The Kier molecular flexibility index (Phi) is 9.46. The van der Waals surface area contributed by atoms with E-state index in [-0.39, 0.29) is 12.5 Å². The molecule has 204 valence electrons. The first-order valence-electron chi connectivity index (χ1n) is 13.4. The Balaban J connectivity index is 0.000000648. The third kappa shape index (κ3) is 7.31. The zero-order valence-corrected chi connectivity index (χ0v) is 22.7. The average Bonchev–Trinajstić information content (AvgIpc) is 3.48. The predicted molar refractivity (Wildman–Crippen MR) is 152 cm³/mol. The van der Waals surface area contributed by atoms with Crippen LogP contribution in [-0.4, -0.2) is 66.6 Å². The molecule has 8 heteroatoms. The Labute approximate surface area is 229 Å². The maximum absolute atomic E-state index is 10.3. The molecule has 8 nitrogen and oxygen atoms in total. The van der Waals surface area contributed by atoms with Crippen molar-refractivity contribution < 1.29 is 15.0 Å². The monoisotopic (exact) mass is 527 g/mol. The van der Waals surface area contributed by atoms with E-state index in [0.717, 1.165) is 36.5 Å². The van der Waals surface area contributed by atoms with Crippen molar-refractivity contribution in [2.75, 3.05) is 13.1 Å². The molecule has 4 aromatic rings. The van der Waals surface area contributed by atoms with E-state index in [2.05, 4.69) is 99.7 Å². The first-order valence-corrected chi connectivity index (χ1v) is 13.4. The van der Waals surface area contributed by atoms with Crippen LogP contribution in [0.15, 0.2) is 85.1 Å². The largest absolute Gasteiger partial charge is 0.508 e. The van der Waals surface area contributed by atoms with Crippen molar-refractivity contribution in [3.63, 3.8) is 0 Å². The number of nitrogens with zero attached hydrogens (tertiary/aromatic N) is 4. The van der Waals surface area contributed by atoms with E-state index in [0.29, 0.717) is 17.8 Å². The number of phenolic OH excluding ortho intramolecular Hbond substituents is 1. The van der Waals surface area contributed by atoms with Crippen molar-refractivity contribution in [1.82, 2.24) is 25.2 Å². The number of H-pyrrole nitrogens is 1. The number of benzene rings is 3. The van der Waals surface area contributed by atoms with Gasteiger partial charge in [-0.15, -0.1) is 0 Å². The van der Waals surface area contributed by atoms with E-state index in [1.165, 1.54) is 11.1 Å². The van der Waals surface area contributed by atoms with E-state index in [9.17, 15) is 9.90 Å². The second-order valence-corrected chi connectivity index (χ2v) is 10.0. The number of carbonyl (C=O) groups is 1. The van der Waals surface area contributed by atoms with Gasteiger partial charge in [-0.05, 0) is 42.7 Å². The predicted octanol–water partition coefficient (Wildman–Crippen LogP) is 5.34. The van der Waals surface area contributed by atoms with Crippen molar-refractivity contribution in [2.24, 2.45) is 0 Å². The lowest BCUT2D eigenvalue weighted by Crippen LogP contribution is -2.56. The van der Waals surface area contributed by atoms with Gasteiger partial charge in [0.1, 0.15) is 11.4 Å². The summed E-state index contributed by atoms with van der Waals surface area (Å²) in [6, 6.07) is 27.7. The second kappa shape index (κ2) is 13.2. The van der Waals surface area contributed by atoms with Gasteiger partial charge in [0, 0.05) is 43.7 Å². The van der Waals surface area contributed by atoms with E-state index in [4.69, 9.17) is 5.11 Å². The van der Waals surface area contributed by atoms with E-state index in [1.54, 1.807) is 19.2 Å². The number of hydrogen-bond donors (Lipinski definition) is 3. The molecule has 0 spiro atoms. The van der Waals surface area contributed by atoms with Gasteiger partial charge in [0.15, 0.2) is 0 Å². The van der Waals surface area contributed by atoms with Crippen LogP contribution in [-0.2, 0) is 11.3 Å². The normalized spacial score (nSPS) is 18.6. The summed E-state index contributed by atoms with van der Waals surface area (Å²) in [4.78, 5) is 14.5. The molecule has 3 N–H and O–H groups in total. The fourth-order valence-electron chi connectivity index (χ4n) is 5.07. The summed E-state index contributed by atoms with van der Waals surface area (Å²) in [5, 5.41) is 28.8. The molecule has 0 saturated carbocycles. The number of hydrogen-bond acceptors (Lipinski definition) is 6. The topological polar surface area (TPSA) is 106 Å². The number of aromatic nitrogens is 3. The molecule has 1 fully saturated rings. The van der Waals surface area contributed by atoms with E-state index < -0.39 is 5.97 Å². The standard InChI is InChI=1S/C28H31N5O.C3H6O2/c1-20-18-33(21(2)17-32(20)19-22-7-4-3-5-8-22)28(25-9-6-10-26(34)15-25)24-13-11-23(12-14-24)27-16-29-31-30-27;1-2-3(4)5/h3-16,20-21,28,34H,17-19H2,1-2H3,(H,29,30,31);2H2,1H3,(H,4,5)/t20-,21+,28-;/m1./s1. The summed E-state index contributed by atoms with van der Waals surface area (Å²) in [6.45, 7) is 9.12. The van der Waals surface area contributed by atoms with Crippen molar-refractivity contribution in [1.29, 1.82) is 0 Å². The number of aromatic hydroxyl groups is 1. The molecular weight excluding hydrogens is 490 g/mol. The molecule has 2 heterocycles. The van der Waals surface area contributed by atoms with Crippen LogP contribution in [0.5, 0.6) is 5.75 Å². The van der Waals surface area contributed by atoms with Crippen LogP contribution in [0.2, 0.25) is 0 Å². The van der Waals surface area contributed by atoms with E-state index >= 15 is 0 Å². The van der Waals surface area contributed by atoms with Crippen molar-refractivity contribution in [3.8, 4) is 17.0 Å². The summed E-state index contributed by atoms with van der Waals surface area (Å²) in [5.41, 5.74) is 5.51. The van der Waals surface area contributed by atoms with Crippen LogP contribution in [0.25, 0.3) is 11.3 Å². The highest BCUT2D eigenvalue weighted by atomic mass is 16.4. The van der Waals surface area contributed by atoms with Gasteiger partial charge in [0.25, 0.3) is 0 Å². The van der Waals surface area contributed by atoms with Gasteiger partial charge in [-0.1, -0.05) is 73.7 Å². The second-order valence-electron chi connectivity index (χ2n) is 10.0. The van der Waals surface area contributed by atoms with E-state index in [1.807, 2.05) is 12.1 Å². The zero-order valence-electron chi connectivity index (χ0n) is 22.7. The Morgan fingerprint density at radius 1 is 0.974 bits per heavy atom. The summed E-state index contributed by atoms with van der Waals surface area (Å²) in [7, 11) is 0. The molecule has 0 bridgehead atoms. The Morgan fingerprint density at radius 3 is 2.31 bits per heavy atom. The first-order chi connectivity index (χ1) is 18.9. The number of rotatable bonds is 7. The molecule has 0 aliphatic carbocycles. The fraction of sp³-hybridized carbons (Fsp3) is 0.323. The van der Waals surface area contributed by atoms with Crippen molar-refractivity contribution in [3.05, 3.63) is 102 Å². The molecule has 1 aliphatic rings. The van der Waals surface area contributed by atoms with Crippen LogP contribution in [0.1, 0.15) is 49.9 Å². The molecule has 3 atom stereocenters. The lowest BCUT2D eigenvalue weighted by molar-refractivity contribution is -0.136. The molecule has 0 unspecified atom stereocenters. The third-order valence-electron chi connectivity index (χ3n) is 7.15. The Morgan fingerprint density at radius 2 is 1.69 bits per heavy atom. The molecule has 0 radical (unpaired) electrons. The number of piperazine rings is 1. The highest BCUT2D eigenvalue weighted by Crippen LogP contribution is 2.35. The van der Waals surface area contributed by atoms with Gasteiger partial charge in [-0.2, -0.15) is 15.4 Å². The number of carboxylic acid groups (broad SMARTS) is 1. The highest BCUT2D eigenvalue weighted by Gasteiger charge is 2.35. The molecule has 1 saturated heterocycles. The van der Waals surface area contributed by atoms with Crippen LogP contribution in [0.3, 0.4) is 0 Å². The summed E-state index contributed by atoms with van der Waals surface area (Å²) < 4.78 is 0. The molecular formula is C31H37N5O3.